The highest BCUT2D eigenvalue weighted by Gasteiger charge is 2.02. The molecule has 4 N–H and O–H groups in total. The summed E-state index contributed by atoms with van der Waals surface area (Å²) in [5.74, 6) is 0. The van der Waals surface area contributed by atoms with Crippen molar-refractivity contribution in [2.24, 2.45) is 0 Å². The molecular formula is C13H12ClN3O. The van der Waals surface area contributed by atoms with E-state index in [1.807, 2.05) is 0 Å². The molecule has 0 aliphatic carbocycles. The summed E-state index contributed by atoms with van der Waals surface area (Å²) in [5, 5.41) is 5.94. The van der Waals surface area contributed by atoms with E-state index in [1.165, 1.54) is 0 Å². The largest absolute Gasteiger partial charge is 0.399 e. The topological polar surface area (TPSA) is 67.1 Å². The van der Waals surface area contributed by atoms with E-state index in [9.17, 15) is 4.79 Å². The van der Waals surface area contributed by atoms with E-state index in [4.69, 9.17) is 17.3 Å². The molecule has 18 heavy (non-hydrogen) atoms. The normalized spacial score (nSPS) is 9.83. The Morgan fingerprint density at radius 2 is 1.67 bits per heavy atom. The van der Waals surface area contributed by atoms with Crippen LogP contribution in [-0.4, -0.2) is 6.03 Å². The van der Waals surface area contributed by atoms with Crippen LogP contribution in [0.5, 0.6) is 0 Å². The van der Waals surface area contributed by atoms with Crippen molar-refractivity contribution in [2.75, 3.05) is 16.4 Å². The third-order valence-electron chi connectivity index (χ3n) is 2.25. The van der Waals surface area contributed by atoms with Gasteiger partial charge in [-0.15, -0.1) is 0 Å². The fourth-order valence-electron chi connectivity index (χ4n) is 1.43. The number of carbonyl (C=O) groups is 1. The molecule has 0 radical (unpaired) electrons. The van der Waals surface area contributed by atoms with Crippen molar-refractivity contribution in [3.63, 3.8) is 0 Å². The molecule has 0 bridgehead atoms. The predicted molar refractivity (Wildman–Crippen MR) is 74.9 cm³/mol. The number of urea groups is 1. The number of nitrogens with two attached hydrogens (primary N) is 1. The number of benzene rings is 2. The summed E-state index contributed by atoms with van der Waals surface area (Å²) in [6.45, 7) is 0. The van der Waals surface area contributed by atoms with Crippen LogP contribution >= 0.6 is 11.6 Å². The lowest BCUT2D eigenvalue weighted by atomic mass is 10.3. The zero-order chi connectivity index (χ0) is 13.0. The van der Waals surface area contributed by atoms with Crippen LogP contribution in [0.25, 0.3) is 0 Å². The number of nitrogens with one attached hydrogen (secondary N) is 2. The highest BCUT2D eigenvalue weighted by atomic mass is 35.5. The minimum absolute atomic E-state index is 0.331. The van der Waals surface area contributed by atoms with Gasteiger partial charge >= 0.3 is 6.03 Å². The van der Waals surface area contributed by atoms with Crippen LogP contribution in [0.1, 0.15) is 0 Å². The number of hydrogen-bond acceptors (Lipinski definition) is 2. The summed E-state index contributed by atoms with van der Waals surface area (Å²) < 4.78 is 0. The van der Waals surface area contributed by atoms with E-state index in [-0.39, 0.29) is 6.03 Å². The molecular weight excluding hydrogens is 250 g/mol. The van der Waals surface area contributed by atoms with Crippen LogP contribution in [0.3, 0.4) is 0 Å². The Labute approximate surface area is 110 Å². The number of amides is 2. The molecule has 0 unspecified atom stereocenters. The summed E-state index contributed by atoms with van der Waals surface area (Å²) >= 11 is 5.82. The molecule has 0 saturated heterocycles. The maximum atomic E-state index is 11.7. The SMILES string of the molecule is Nc1ccc(NC(=O)Nc2cccc(Cl)c2)cc1. The molecule has 0 spiro atoms. The second-order valence-corrected chi connectivity index (χ2v) is 4.15. The van der Waals surface area contributed by atoms with Gasteiger partial charge in [-0.3, -0.25) is 0 Å². The Kier molecular flexibility index (Phi) is 3.69. The summed E-state index contributed by atoms with van der Waals surface area (Å²) in [5.41, 5.74) is 7.51. The average Bonchev–Trinajstić information content (AvgIpc) is 2.32. The van der Waals surface area contributed by atoms with Gasteiger partial charge in [0.25, 0.3) is 0 Å². The van der Waals surface area contributed by atoms with Gasteiger partial charge in [0.05, 0.1) is 0 Å². The lowest BCUT2D eigenvalue weighted by Crippen LogP contribution is -2.19. The van der Waals surface area contributed by atoms with Crippen LogP contribution < -0.4 is 16.4 Å². The number of halogens is 1. The van der Waals surface area contributed by atoms with E-state index in [0.717, 1.165) is 0 Å². The average molecular weight is 262 g/mol. The fourth-order valence-corrected chi connectivity index (χ4v) is 1.62. The molecule has 0 aliphatic rings. The van der Waals surface area contributed by atoms with Gasteiger partial charge in [0.2, 0.25) is 0 Å². The zero-order valence-corrected chi connectivity index (χ0v) is 10.2. The van der Waals surface area contributed by atoms with Gasteiger partial charge in [0, 0.05) is 22.1 Å². The second kappa shape index (κ2) is 5.42. The van der Waals surface area contributed by atoms with Crippen molar-refractivity contribution in [1.82, 2.24) is 0 Å². The van der Waals surface area contributed by atoms with Crippen LogP contribution in [0.15, 0.2) is 48.5 Å². The van der Waals surface area contributed by atoms with Gasteiger partial charge in [-0.2, -0.15) is 0 Å². The second-order valence-electron chi connectivity index (χ2n) is 3.71. The molecule has 2 amide bonds. The Morgan fingerprint density at radius 3 is 2.33 bits per heavy atom. The fraction of sp³-hybridized carbons (Fsp3) is 0. The maximum Gasteiger partial charge on any atom is 0.323 e. The molecule has 0 saturated carbocycles. The maximum absolute atomic E-state index is 11.7. The number of nitrogen functional groups attached to an aromatic ring is 1. The van der Waals surface area contributed by atoms with Crippen LogP contribution in [0.4, 0.5) is 21.9 Å². The van der Waals surface area contributed by atoms with Gasteiger partial charge in [0.15, 0.2) is 0 Å². The third kappa shape index (κ3) is 3.40. The monoisotopic (exact) mass is 261 g/mol. The standard InChI is InChI=1S/C13H12ClN3O/c14-9-2-1-3-12(8-9)17-13(18)16-11-6-4-10(15)5-7-11/h1-8H,15H2,(H2,16,17,18). The summed E-state index contributed by atoms with van der Waals surface area (Å²) in [4.78, 5) is 11.7. The highest BCUT2D eigenvalue weighted by Crippen LogP contribution is 2.16. The molecule has 2 rings (SSSR count). The number of anilines is 3. The minimum atomic E-state index is -0.331. The molecule has 0 heterocycles. The lowest BCUT2D eigenvalue weighted by molar-refractivity contribution is 0.262. The first-order chi connectivity index (χ1) is 8.63. The first-order valence-corrected chi connectivity index (χ1v) is 5.70. The van der Waals surface area contributed by atoms with Gasteiger partial charge < -0.3 is 16.4 Å². The molecule has 0 aliphatic heterocycles. The van der Waals surface area contributed by atoms with E-state index in [2.05, 4.69) is 10.6 Å². The first kappa shape index (κ1) is 12.3. The molecule has 2 aromatic rings. The van der Waals surface area contributed by atoms with Crippen LogP contribution in [-0.2, 0) is 0 Å². The van der Waals surface area contributed by atoms with Crippen molar-refractivity contribution >= 4 is 34.7 Å². The first-order valence-electron chi connectivity index (χ1n) is 5.32. The third-order valence-corrected chi connectivity index (χ3v) is 2.49. The van der Waals surface area contributed by atoms with Crippen molar-refractivity contribution in [1.29, 1.82) is 0 Å². The van der Waals surface area contributed by atoms with E-state index in [0.29, 0.717) is 22.1 Å². The molecule has 4 nitrogen and oxygen atoms in total. The molecule has 5 heteroatoms. The molecule has 2 aromatic carbocycles. The van der Waals surface area contributed by atoms with E-state index < -0.39 is 0 Å². The van der Waals surface area contributed by atoms with Crippen molar-refractivity contribution in [3.05, 3.63) is 53.6 Å². The Morgan fingerprint density at radius 1 is 1.00 bits per heavy atom. The van der Waals surface area contributed by atoms with Crippen LogP contribution in [0.2, 0.25) is 5.02 Å². The van der Waals surface area contributed by atoms with Crippen molar-refractivity contribution in [3.8, 4) is 0 Å². The Hall–Kier alpha value is -2.20. The Bertz CT molecular complexity index is 554. The van der Waals surface area contributed by atoms with E-state index in [1.54, 1.807) is 48.5 Å². The summed E-state index contributed by atoms with van der Waals surface area (Å²) in [6.07, 6.45) is 0. The smallest absolute Gasteiger partial charge is 0.323 e. The van der Waals surface area contributed by atoms with Crippen LogP contribution in [0, 0.1) is 0 Å². The molecule has 0 atom stereocenters. The van der Waals surface area contributed by atoms with Gasteiger partial charge in [-0.25, -0.2) is 4.79 Å². The highest BCUT2D eigenvalue weighted by molar-refractivity contribution is 6.30. The molecule has 0 fully saturated rings. The molecule has 0 aromatic heterocycles. The molecule has 92 valence electrons. The summed E-state index contributed by atoms with van der Waals surface area (Å²) in [7, 11) is 0. The van der Waals surface area contributed by atoms with Gasteiger partial charge in [-0.1, -0.05) is 17.7 Å². The lowest BCUT2D eigenvalue weighted by Gasteiger charge is -2.08. The summed E-state index contributed by atoms with van der Waals surface area (Å²) in [6, 6.07) is 13.5. The number of hydrogen-bond donors (Lipinski definition) is 3. The quantitative estimate of drug-likeness (QED) is 0.724. The zero-order valence-electron chi connectivity index (χ0n) is 9.48. The van der Waals surface area contributed by atoms with Gasteiger partial charge in [-0.05, 0) is 42.5 Å². The van der Waals surface area contributed by atoms with Gasteiger partial charge in [0.1, 0.15) is 0 Å². The number of carbonyl (C=O) groups excluding carboxylic acids is 1. The van der Waals surface area contributed by atoms with Crippen molar-refractivity contribution < 1.29 is 4.79 Å². The Balaban J connectivity index is 1.98. The van der Waals surface area contributed by atoms with Crippen molar-refractivity contribution in [2.45, 2.75) is 0 Å². The van der Waals surface area contributed by atoms with E-state index >= 15 is 0 Å². The predicted octanol–water partition coefficient (Wildman–Crippen LogP) is 3.57. The number of rotatable bonds is 2. The minimum Gasteiger partial charge on any atom is -0.399 e.